The zero-order valence-corrected chi connectivity index (χ0v) is 17.2. The Balaban J connectivity index is 1.34. The van der Waals surface area contributed by atoms with Gasteiger partial charge in [-0.15, -0.1) is 11.8 Å². The van der Waals surface area contributed by atoms with Crippen molar-refractivity contribution in [1.29, 1.82) is 0 Å². The molecule has 2 saturated heterocycles. The van der Waals surface area contributed by atoms with Crippen molar-refractivity contribution in [3.63, 3.8) is 0 Å². The van der Waals surface area contributed by atoms with Gasteiger partial charge in [0, 0.05) is 42.5 Å². The van der Waals surface area contributed by atoms with Crippen molar-refractivity contribution < 1.29 is 14.3 Å². The molecule has 1 atom stereocenters. The minimum Gasteiger partial charge on any atom is -0.377 e. The van der Waals surface area contributed by atoms with E-state index in [4.69, 9.17) is 4.74 Å². The fourth-order valence-corrected chi connectivity index (χ4v) is 4.85. The predicted octanol–water partition coefficient (Wildman–Crippen LogP) is 4.01. The number of carbonyl (C=O) groups is 2. The maximum Gasteiger partial charge on any atom is 0.252 e. The van der Waals surface area contributed by atoms with Crippen LogP contribution in [0.1, 0.15) is 41.6 Å². The highest BCUT2D eigenvalue weighted by molar-refractivity contribution is 7.99. The third-order valence-corrected chi connectivity index (χ3v) is 6.56. The number of amides is 2. The number of nitrogens with zero attached hydrogens (tertiary/aromatic N) is 1. The molecule has 2 amide bonds. The summed E-state index contributed by atoms with van der Waals surface area (Å²) in [5.41, 5.74) is 2.64. The van der Waals surface area contributed by atoms with Gasteiger partial charge in [-0.1, -0.05) is 24.3 Å². The molecule has 0 bridgehead atoms. The first-order chi connectivity index (χ1) is 14.2. The topological polar surface area (TPSA) is 58.6 Å². The Morgan fingerprint density at radius 2 is 1.97 bits per heavy atom. The molecule has 29 heavy (non-hydrogen) atoms. The Kier molecular flexibility index (Phi) is 6.52. The largest absolute Gasteiger partial charge is 0.377 e. The van der Waals surface area contributed by atoms with Crippen LogP contribution >= 0.6 is 11.8 Å². The average molecular weight is 411 g/mol. The molecule has 0 radical (unpaired) electrons. The molecule has 0 unspecified atom stereocenters. The second-order valence-corrected chi connectivity index (χ2v) is 8.50. The van der Waals surface area contributed by atoms with Crippen molar-refractivity contribution >= 4 is 29.3 Å². The molecular weight excluding hydrogens is 384 g/mol. The lowest BCUT2D eigenvalue weighted by atomic mass is 10.1. The van der Waals surface area contributed by atoms with Gasteiger partial charge in [-0.3, -0.25) is 9.59 Å². The van der Waals surface area contributed by atoms with E-state index in [1.165, 1.54) is 0 Å². The molecule has 2 heterocycles. The predicted molar refractivity (Wildman–Crippen MR) is 115 cm³/mol. The molecule has 4 rings (SSSR count). The molecule has 2 aliphatic heterocycles. The molecule has 2 aromatic carbocycles. The molecule has 0 aromatic heterocycles. The van der Waals surface area contributed by atoms with Crippen LogP contribution in [-0.4, -0.2) is 36.8 Å². The zero-order chi connectivity index (χ0) is 20.1. The van der Waals surface area contributed by atoms with Crippen LogP contribution < -0.4 is 10.2 Å². The van der Waals surface area contributed by atoms with Crippen molar-refractivity contribution in [2.24, 2.45) is 0 Å². The summed E-state index contributed by atoms with van der Waals surface area (Å²) < 4.78 is 5.69. The van der Waals surface area contributed by atoms with Gasteiger partial charge in [0.1, 0.15) is 0 Å². The van der Waals surface area contributed by atoms with Crippen LogP contribution in [-0.2, 0) is 16.1 Å². The second kappa shape index (κ2) is 9.46. The number of hydrogen-bond acceptors (Lipinski definition) is 4. The average Bonchev–Trinajstić information content (AvgIpc) is 3.43. The summed E-state index contributed by atoms with van der Waals surface area (Å²) >= 11 is 1.69. The Morgan fingerprint density at radius 3 is 2.69 bits per heavy atom. The Hall–Kier alpha value is -2.31. The summed E-state index contributed by atoms with van der Waals surface area (Å²) in [5, 5.41) is 3.02. The van der Waals surface area contributed by atoms with Crippen molar-refractivity contribution in [3.05, 3.63) is 59.7 Å². The molecule has 0 saturated carbocycles. The lowest BCUT2D eigenvalue weighted by Gasteiger charge is -2.16. The summed E-state index contributed by atoms with van der Waals surface area (Å²) in [6.07, 6.45) is 4.05. The standard InChI is InChI=1S/C23H26N2O3S/c26-22-8-3-13-25(22)18-11-9-17(10-12-18)15-24-23(27)20-6-1-2-7-21(20)29-16-19-5-4-14-28-19/h1-2,6-7,9-12,19H,3-5,8,13-16H2,(H,24,27)/t19-/m0/s1. The number of benzene rings is 2. The quantitative estimate of drug-likeness (QED) is 0.701. The van der Waals surface area contributed by atoms with Crippen LogP contribution in [0.5, 0.6) is 0 Å². The van der Waals surface area contributed by atoms with Crippen molar-refractivity contribution in [3.8, 4) is 0 Å². The normalized spacial score (nSPS) is 19.0. The van der Waals surface area contributed by atoms with Gasteiger partial charge in [0.25, 0.3) is 5.91 Å². The molecule has 0 aliphatic carbocycles. The van der Waals surface area contributed by atoms with Crippen LogP contribution in [0.4, 0.5) is 5.69 Å². The first-order valence-electron chi connectivity index (χ1n) is 10.2. The Morgan fingerprint density at radius 1 is 1.14 bits per heavy atom. The molecule has 6 heteroatoms. The fraction of sp³-hybridized carbons (Fsp3) is 0.391. The first-order valence-corrected chi connectivity index (χ1v) is 11.2. The molecule has 2 aliphatic rings. The highest BCUT2D eigenvalue weighted by Gasteiger charge is 2.21. The van der Waals surface area contributed by atoms with Gasteiger partial charge < -0.3 is 15.0 Å². The van der Waals surface area contributed by atoms with Crippen LogP contribution in [0.25, 0.3) is 0 Å². The van der Waals surface area contributed by atoms with E-state index in [1.807, 2.05) is 53.4 Å². The highest BCUT2D eigenvalue weighted by atomic mass is 32.2. The number of hydrogen-bond donors (Lipinski definition) is 1. The van der Waals surface area contributed by atoms with Gasteiger partial charge in [-0.25, -0.2) is 0 Å². The van der Waals surface area contributed by atoms with Gasteiger partial charge in [0.2, 0.25) is 5.91 Å². The van der Waals surface area contributed by atoms with E-state index in [-0.39, 0.29) is 17.9 Å². The van der Waals surface area contributed by atoms with Gasteiger partial charge in [-0.2, -0.15) is 0 Å². The number of thioether (sulfide) groups is 1. The minimum absolute atomic E-state index is 0.0702. The number of rotatable bonds is 7. The third kappa shape index (κ3) is 5.00. The molecular formula is C23H26N2O3S. The number of nitrogens with one attached hydrogen (secondary N) is 1. The van der Waals surface area contributed by atoms with Gasteiger partial charge >= 0.3 is 0 Å². The van der Waals surface area contributed by atoms with Crippen molar-refractivity contribution in [2.75, 3.05) is 23.8 Å². The maximum atomic E-state index is 12.7. The Bertz CT molecular complexity index is 863. The summed E-state index contributed by atoms with van der Waals surface area (Å²) in [6, 6.07) is 15.6. The van der Waals surface area contributed by atoms with E-state index in [0.717, 1.165) is 54.3 Å². The first kappa shape index (κ1) is 20.0. The molecule has 152 valence electrons. The Labute approximate surface area is 175 Å². The summed E-state index contributed by atoms with van der Waals surface area (Å²) in [4.78, 5) is 27.4. The smallest absolute Gasteiger partial charge is 0.252 e. The molecule has 5 nitrogen and oxygen atoms in total. The molecule has 2 fully saturated rings. The van der Waals surface area contributed by atoms with Crippen LogP contribution in [0.15, 0.2) is 53.4 Å². The summed E-state index contributed by atoms with van der Waals surface area (Å²) in [5.74, 6) is 0.989. The molecule has 0 spiro atoms. The lowest BCUT2D eigenvalue weighted by molar-refractivity contribution is -0.117. The molecule has 1 N–H and O–H groups in total. The van der Waals surface area contributed by atoms with Crippen molar-refractivity contribution in [1.82, 2.24) is 5.32 Å². The zero-order valence-electron chi connectivity index (χ0n) is 16.4. The van der Waals surface area contributed by atoms with E-state index in [1.54, 1.807) is 11.8 Å². The summed E-state index contributed by atoms with van der Waals surface area (Å²) in [6.45, 7) is 2.09. The van der Waals surface area contributed by atoms with E-state index in [2.05, 4.69) is 5.32 Å². The van der Waals surface area contributed by atoms with E-state index >= 15 is 0 Å². The van der Waals surface area contributed by atoms with E-state index in [0.29, 0.717) is 18.5 Å². The third-order valence-electron chi connectivity index (χ3n) is 5.35. The van der Waals surface area contributed by atoms with Crippen molar-refractivity contribution in [2.45, 2.75) is 43.2 Å². The second-order valence-electron chi connectivity index (χ2n) is 7.44. The lowest BCUT2D eigenvalue weighted by Crippen LogP contribution is -2.24. The number of anilines is 1. The number of ether oxygens (including phenoxy) is 1. The van der Waals surface area contributed by atoms with Crippen LogP contribution in [0.3, 0.4) is 0 Å². The summed E-state index contributed by atoms with van der Waals surface area (Å²) in [7, 11) is 0. The van der Waals surface area contributed by atoms with Crippen LogP contribution in [0, 0.1) is 0 Å². The highest BCUT2D eigenvalue weighted by Crippen LogP contribution is 2.27. The van der Waals surface area contributed by atoms with Gasteiger partial charge in [-0.05, 0) is 49.1 Å². The van der Waals surface area contributed by atoms with E-state index < -0.39 is 0 Å². The van der Waals surface area contributed by atoms with E-state index in [9.17, 15) is 9.59 Å². The van der Waals surface area contributed by atoms with Gasteiger partial charge in [0.15, 0.2) is 0 Å². The van der Waals surface area contributed by atoms with Gasteiger partial charge in [0.05, 0.1) is 11.7 Å². The minimum atomic E-state index is -0.0702. The number of carbonyl (C=O) groups excluding carboxylic acids is 2. The SMILES string of the molecule is O=C(NCc1ccc(N2CCCC2=O)cc1)c1ccccc1SC[C@@H]1CCCO1. The monoisotopic (exact) mass is 410 g/mol. The maximum absolute atomic E-state index is 12.7. The fourth-order valence-electron chi connectivity index (χ4n) is 3.73. The molecule has 2 aromatic rings. The van der Waals surface area contributed by atoms with Crippen LogP contribution in [0.2, 0.25) is 0 Å².